The lowest BCUT2D eigenvalue weighted by molar-refractivity contribution is 0.0973. The van der Waals surface area contributed by atoms with Gasteiger partial charge in [-0.1, -0.05) is 18.2 Å². The van der Waals surface area contributed by atoms with Gasteiger partial charge >= 0.3 is 0 Å². The fourth-order valence-corrected chi connectivity index (χ4v) is 3.16. The number of rotatable bonds is 3. The number of carbonyl (C=O) groups excluding carboxylic acids is 1. The molecule has 1 aromatic carbocycles. The van der Waals surface area contributed by atoms with E-state index < -0.39 is 5.95 Å². The molecule has 3 aromatic rings. The fourth-order valence-electron chi connectivity index (χ4n) is 3.16. The van der Waals surface area contributed by atoms with Crippen molar-refractivity contribution in [1.82, 2.24) is 9.97 Å². The minimum Gasteiger partial charge on any atom is -0.356 e. The van der Waals surface area contributed by atoms with Gasteiger partial charge in [-0.15, -0.1) is 0 Å². The number of para-hydroxylation sites is 1. The molecule has 0 aliphatic heterocycles. The molecule has 1 aliphatic carbocycles. The van der Waals surface area contributed by atoms with Crippen LogP contribution in [-0.2, 0) is 6.42 Å². The Balaban J connectivity index is 1.88. The average Bonchev–Trinajstić information content (AvgIpc) is 2.96. The highest BCUT2D eigenvalue weighted by atomic mass is 19.1. The molecule has 0 unspecified atom stereocenters. The Morgan fingerprint density at radius 3 is 2.75 bits per heavy atom. The first-order valence-electron chi connectivity index (χ1n) is 7.94. The molecule has 0 spiro atoms. The van der Waals surface area contributed by atoms with Crippen LogP contribution < -0.4 is 5.32 Å². The van der Waals surface area contributed by atoms with E-state index in [-0.39, 0.29) is 5.78 Å². The number of aromatic amines is 1. The number of nitrogens with one attached hydrogen (secondary N) is 2. The maximum Gasteiger partial charge on any atom is 0.213 e. The van der Waals surface area contributed by atoms with Crippen molar-refractivity contribution < 1.29 is 9.18 Å². The number of anilines is 2. The zero-order chi connectivity index (χ0) is 16.5. The lowest BCUT2D eigenvalue weighted by Gasteiger charge is -2.13. The van der Waals surface area contributed by atoms with E-state index in [0.29, 0.717) is 23.2 Å². The van der Waals surface area contributed by atoms with Gasteiger partial charge < -0.3 is 10.3 Å². The van der Waals surface area contributed by atoms with Crippen molar-refractivity contribution >= 4 is 17.2 Å². The van der Waals surface area contributed by atoms with Gasteiger partial charge in [-0.05, 0) is 31.0 Å². The Morgan fingerprint density at radius 2 is 1.96 bits per heavy atom. The second-order valence-corrected chi connectivity index (χ2v) is 5.86. The van der Waals surface area contributed by atoms with Gasteiger partial charge in [0.2, 0.25) is 5.95 Å². The molecule has 0 saturated carbocycles. The zero-order valence-electron chi connectivity index (χ0n) is 13.0. The van der Waals surface area contributed by atoms with Gasteiger partial charge in [-0.25, -0.2) is 4.98 Å². The molecule has 0 saturated heterocycles. The molecular weight excluding hydrogens is 305 g/mol. The van der Waals surface area contributed by atoms with Crippen LogP contribution in [0, 0.1) is 5.95 Å². The number of nitrogens with zero attached hydrogens (tertiary/aromatic N) is 1. The number of ketones is 1. The summed E-state index contributed by atoms with van der Waals surface area (Å²) in [6.45, 7) is 0. The number of hydrogen-bond acceptors (Lipinski definition) is 3. The summed E-state index contributed by atoms with van der Waals surface area (Å²) in [6.07, 6.45) is 3.62. The summed E-state index contributed by atoms with van der Waals surface area (Å²) in [5, 5.41) is 3.33. The molecule has 2 N–H and O–H groups in total. The minimum absolute atomic E-state index is 0.117. The summed E-state index contributed by atoms with van der Waals surface area (Å²) in [5.74, 6) is -0.427. The normalized spacial score (nSPS) is 13.6. The highest BCUT2D eigenvalue weighted by molar-refractivity contribution is 6.07. The Kier molecular flexibility index (Phi) is 3.61. The number of aromatic nitrogens is 2. The van der Waals surface area contributed by atoms with Gasteiger partial charge in [0.15, 0.2) is 5.78 Å². The minimum atomic E-state index is -0.544. The molecule has 0 fully saturated rings. The third-order valence-corrected chi connectivity index (χ3v) is 4.25. The summed E-state index contributed by atoms with van der Waals surface area (Å²) < 4.78 is 13.6. The van der Waals surface area contributed by atoms with E-state index in [1.807, 2.05) is 30.3 Å². The maximum atomic E-state index is 13.6. The smallest absolute Gasteiger partial charge is 0.213 e. The molecule has 2 heterocycles. The van der Waals surface area contributed by atoms with E-state index >= 15 is 0 Å². The van der Waals surface area contributed by atoms with Crippen molar-refractivity contribution in [3.05, 3.63) is 65.9 Å². The van der Waals surface area contributed by atoms with Gasteiger partial charge in [0.05, 0.1) is 16.9 Å². The van der Waals surface area contributed by atoms with Gasteiger partial charge in [0.25, 0.3) is 0 Å². The molecule has 4 rings (SSSR count). The summed E-state index contributed by atoms with van der Waals surface area (Å²) in [4.78, 5) is 19.4. The first kappa shape index (κ1) is 14.6. The average molecular weight is 321 g/mol. The number of hydrogen-bond donors (Lipinski definition) is 2. The van der Waals surface area contributed by atoms with Gasteiger partial charge in [-0.2, -0.15) is 4.39 Å². The SMILES string of the molecule is O=C1CCCc2[nH]c(-c3ccnc(F)c3)c(Nc3ccccc3)c21. The molecule has 0 amide bonds. The maximum absolute atomic E-state index is 13.6. The molecule has 24 heavy (non-hydrogen) atoms. The van der Waals surface area contributed by atoms with Crippen molar-refractivity contribution in [2.75, 3.05) is 5.32 Å². The van der Waals surface area contributed by atoms with E-state index in [1.165, 1.54) is 12.3 Å². The Morgan fingerprint density at radius 1 is 1.12 bits per heavy atom. The number of aryl methyl sites for hydroxylation is 1. The monoisotopic (exact) mass is 321 g/mol. The number of pyridine rings is 1. The van der Waals surface area contributed by atoms with Crippen LogP contribution in [0.15, 0.2) is 48.7 Å². The molecule has 0 atom stereocenters. The first-order valence-corrected chi connectivity index (χ1v) is 7.94. The van der Waals surface area contributed by atoms with E-state index in [0.717, 1.165) is 29.9 Å². The van der Waals surface area contributed by atoms with Gasteiger partial charge in [0.1, 0.15) is 0 Å². The van der Waals surface area contributed by atoms with Crippen LogP contribution in [0.25, 0.3) is 11.3 Å². The van der Waals surface area contributed by atoms with Crippen molar-refractivity contribution in [3.8, 4) is 11.3 Å². The number of halogens is 1. The largest absolute Gasteiger partial charge is 0.356 e. The third kappa shape index (κ3) is 2.58. The van der Waals surface area contributed by atoms with E-state index in [9.17, 15) is 9.18 Å². The molecular formula is C19H16FN3O. The predicted octanol–water partition coefficient (Wildman–Crippen LogP) is 4.48. The highest BCUT2D eigenvalue weighted by Crippen LogP contribution is 2.38. The van der Waals surface area contributed by atoms with Crippen LogP contribution in [0.5, 0.6) is 0 Å². The number of fused-ring (bicyclic) bond motifs is 1. The van der Waals surface area contributed by atoms with Gasteiger partial charge in [-0.3, -0.25) is 4.79 Å². The highest BCUT2D eigenvalue weighted by Gasteiger charge is 2.27. The van der Waals surface area contributed by atoms with Crippen LogP contribution in [0.3, 0.4) is 0 Å². The van der Waals surface area contributed by atoms with E-state index in [2.05, 4.69) is 15.3 Å². The van der Waals surface area contributed by atoms with E-state index in [1.54, 1.807) is 6.07 Å². The Hall–Kier alpha value is -2.95. The summed E-state index contributed by atoms with van der Waals surface area (Å²) in [6, 6.07) is 12.8. The second-order valence-electron chi connectivity index (χ2n) is 5.86. The van der Waals surface area contributed by atoms with Crippen molar-refractivity contribution in [1.29, 1.82) is 0 Å². The molecule has 2 aromatic heterocycles. The standard InChI is InChI=1S/C19H16FN3O/c20-16-11-12(9-10-21-16)18-19(22-13-5-2-1-3-6-13)17-14(23-18)7-4-8-15(17)24/h1-3,5-6,9-11,22-23H,4,7-8H2. The predicted molar refractivity (Wildman–Crippen MR) is 91.0 cm³/mol. The third-order valence-electron chi connectivity index (χ3n) is 4.25. The summed E-state index contributed by atoms with van der Waals surface area (Å²) in [7, 11) is 0. The Labute approximate surface area is 138 Å². The number of H-pyrrole nitrogens is 1. The topological polar surface area (TPSA) is 57.8 Å². The van der Waals surface area contributed by atoms with E-state index in [4.69, 9.17) is 0 Å². The summed E-state index contributed by atoms with van der Waals surface area (Å²) in [5.41, 5.74) is 4.60. The molecule has 1 aliphatic rings. The zero-order valence-corrected chi connectivity index (χ0v) is 13.0. The van der Waals surface area contributed by atoms with Crippen LogP contribution in [0.4, 0.5) is 15.8 Å². The van der Waals surface area contributed by atoms with Crippen LogP contribution in [0.1, 0.15) is 28.9 Å². The lowest BCUT2D eigenvalue weighted by atomic mass is 9.95. The van der Waals surface area contributed by atoms with Crippen molar-refractivity contribution in [2.24, 2.45) is 0 Å². The van der Waals surface area contributed by atoms with Crippen molar-refractivity contribution in [2.45, 2.75) is 19.3 Å². The molecule has 0 bridgehead atoms. The number of carbonyl (C=O) groups is 1. The lowest BCUT2D eigenvalue weighted by Crippen LogP contribution is -2.10. The first-order chi connectivity index (χ1) is 11.7. The second kappa shape index (κ2) is 5.92. The summed E-state index contributed by atoms with van der Waals surface area (Å²) >= 11 is 0. The van der Waals surface area contributed by atoms with Gasteiger partial charge in [0, 0.05) is 35.6 Å². The number of Topliss-reactive ketones (excluding diaryl/α,β-unsaturated/α-hetero) is 1. The van der Waals surface area contributed by atoms with Crippen LogP contribution in [0.2, 0.25) is 0 Å². The van der Waals surface area contributed by atoms with Crippen molar-refractivity contribution in [3.63, 3.8) is 0 Å². The molecule has 0 radical (unpaired) electrons. The fraction of sp³-hybridized carbons (Fsp3) is 0.158. The van der Waals surface area contributed by atoms with Crippen LogP contribution >= 0.6 is 0 Å². The quantitative estimate of drug-likeness (QED) is 0.699. The van der Waals surface area contributed by atoms with Crippen LogP contribution in [-0.4, -0.2) is 15.8 Å². The number of benzene rings is 1. The molecule has 5 heteroatoms. The molecule has 120 valence electrons. The molecule has 4 nitrogen and oxygen atoms in total. The Bertz CT molecular complexity index is 902.